The van der Waals surface area contributed by atoms with Crippen LogP contribution in [0.1, 0.15) is 31.7 Å². The molecule has 1 aliphatic rings. The second kappa shape index (κ2) is 3.70. The van der Waals surface area contributed by atoms with Crippen molar-refractivity contribution < 1.29 is 4.39 Å². The number of hydrogen-bond acceptors (Lipinski definition) is 1. The molecule has 0 spiro atoms. The van der Waals surface area contributed by atoms with Gasteiger partial charge in [0.2, 0.25) is 0 Å². The molecule has 2 nitrogen and oxygen atoms in total. The number of hydrogen-bond donors (Lipinski definition) is 1. The third-order valence-corrected chi connectivity index (χ3v) is 3.69. The maximum Gasteiger partial charge on any atom is 0.178 e. The highest BCUT2D eigenvalue weighted by atomic mass is 32.1. The molecule has 4 heteroatoms. The third-order valence-electron chi connectivity index (χ3n) is 3.39. The van der Waals surface area contributed by atoms with Crippen LogP contribution in [0.3, 0.4) is 0 Å². The molecule has 0 amide bonds. The molecule has 1 fully saturated rings. The number of para-hydroxylation sites is 1. The molecule has 0 aliphatic heterocycles. The summed E-state index contributed by atoms with van der Waals surface area (Å²) in [4.78, 5) is 2.98. The zero-order valence-corrected chi connectivity index (χ0v) is 9.69. The van der Waals surface area contributed by atoms with Gasteiger partial charge in [0.1, 0.15) is 11.3 Å². The third kappa shape index (κ3) is 1.40. The van der Waals surface area contributed by atoms with Gasteiger partial charge in [-0.2, -0.15) is 0 Å². The van der Waals surface area contributed by atoms with E-state index in [9.17, 15) is 4.39 Å². The standard InChI is InChI=1S/C12H13FN2S/c13-9-6-3-7-10-11(9)14-12(16)15(10)8-4-1-2-5-8/h3,6-8H,1-2,4-5H2,(H,14,16). The highest BCUT2D eigenvalue weighted by Gasteiger charge is 2.20. The van der Waals surface area contributed by atoms with Gasteiger partial charge in [0, 0.05) is 6.04 Å². The van der Waals surface area contributed by atoms with Gasteiger partial charge in [-0.05, 0) is 37.2 Å². The van der Waals surface area contributed by atoms with Crippen molar-refractivity contribution in [3.8, 4) is 0 Å². The fourth-order valence-electron chi connectivity index (χ4n) is 2.64. The van der Waals surface area contributed by atoms with Gasteiger partial charge in [-0.15, -0.1) is 0 Å². The van der Waals surface area contributed by atoms with Crippen molar-refractivity contribution in [1.82, 2.24) is 9.55 Å². The Bertz CT molecular complexity index is 578. The Balaban J connectivity index is 2.27. The summed E-state index contributed by atoms with van der Waals surface area (Å²) in [5, 5.41) is 0. The van der Waals surface area contributed by atoms with Crippen LogP contribution < -0.4 is 0 Å². The Morgan fingerprint density at radius 2 is 2.06 bits per heavy atom. The molecule has 2 aromatic rings. The van der Waals surface area contributed by atoms with Gasteiger partial charge >= 0.3 is 0 Å². The molecule has 0 saturated heterocycles. The van der Waals surface area contributed by atoms with Crippen LogP contribution in [-0.4, -0.2) is 9.55 Å². The molecule has 1 N–H and O–H groups in total. The number of H-pyrrole nitrogens is 1. The summed E-state index contributed by atoms with van der Waals surface area (Å²) in [5.41, 5.74) is 1.44. The molecule has 1 aromatic heterocycles. The molecule has 0 atom stereocenters. The molecule has 1 aliphatic carbocycles. The van der Waals surface area contributed by atoms with E-state index < -0.39 is 0 Å². The lowest BCUT2D eigenvalue weighted by Crippen LogP contribution is -2.04. The minimum Gasteiger partial charge on any atom is -0.328 e. The van der Waals surface area contributed by atoms with E-state index in [2.05, 4.69) is 9.55 Å². The van der Waals surface area contributed by atoms with Crippen LogP contribution in [0.25, 0.3) is 11.0 Å². The van der Waals surface area contributed by atoms with E-state index in [1.54, 1.807) is 6.07 Å². The van der Waals surface area contributed by atoms with Crippen LogP contribution >= 0.6 is 12.2 Å². The molecule has 1 heterocycles. The average Bonchev–Trinajstić information content (AvgIpc) is 2.85. The highest BCUT2D eigenvalue weighted by molar-refractivity contribution is 7.71. The molecule has 84 valence electrons. The zero-order valence-electron chi connectivity index (χ0n) is 8.87. The first-order valence-electron chi connectivity index (χ1n) is 5.66. The van der Waals surface area contributed by atoms with Crippen LogP contribution in [0.4, 0.5) is 4.39 Å². The molecule has 3 rings (SSSR count). The van der Waals surface area contributed by atoms with E-state index >= 15 is 0 Å². The summed E-state index contributed by atoms with van der Waals surface area (Å²) in [6.45, 7) is 0. The number of nitrogens with zero attached hydrogens (tertiary/aromatic N) is 1. The predicted octanol–water partition coefficient (Wildman–Crippen LogP) is 3.95. The summed E-state index contributed by atoms with van der Waals surface area (Å²) < 4.78 is 16.3. The van der Waals surface area contributed by atoms with E-state index in [1.165, 1.54) is 18.9 Å². The molecule has 16 heavy (non-hydrogen) atoms. The Labute approximate surface area is 98.1 Å². The molecular weight excluding hydrogens is 223 g/mol. The van der Waals surface area contributed by atoms with E-state index in [4.69, 9.17) is 12.2 Å². The predicted molar refractivity (Wildman–Crippen MR) is 64.6 cm³/mol. The Morgan fingerprint density at radius 1 is 1.31 bits per heavy atom. The number of halogens is 1. The monoisotopic (exact) mass is 236 g/mol. The number of benzene rings is 1. The Morgan fingerprint density at radius 3 is 2.81 bits per heavy atom. The van der Waals surface area contributed by atoms with Crippen molar-refractivity contribution >= 4 is 23.3 Å². The first-order chi connectivity index (χ1) is 7.77. The molecule has 0 radical (unpaired) electrons. The number of nitrogens with one attached hydrogen (secondary N) is 1. The lowest BCUT2D eigenvalue weighted by Gasteiger charge is -2.12. The number of imidazole rings is 1. The zero-order chi connectivity index (χ0) is 11.1. The number of fused-ring (bicyclic) bond motifs is 1. The largest absolute Gasteiger partial charge is 0.328 e. The normalized spacial score (nSPS) is 17.3. The van der Waals surface area contributed by atoms with Crippen molar-refractivity contribution in [1.29, 1.82) is 0 Å². The van der Waals surface area contributed by atoms with Crippen molar-refractivity contribution in [2.75, 3.05) is 0 Å². The maximum absolute atomic E-state index is 13.6. The van der Waals surface area contributed by atoms with Gasteiger partial charge in [-0.3, -0.25) is 0 Å². The summed E-state index contributed by atoms with van der Waals surface area (Å²) >= 11 is 5.29. The molecule has 1 aromatic carbocycles. The summed E-state index contributed by atoms with van der Waals surface area (Å²) in [5.74, 6) is -0.222. The second-order valence-corrected chi connectivity index (χ2v) is 4.76. The van der Waals surface area contributed by atoms with Gasteiger partial charge < -0.3 is 9.55 Å². The van der Waals surface area contributed by atoms with Crippen LogP contribution in [0, 0.1) is 10.6 Å². The number of aromatic amines is 1. The smallest absolute Gasteiger partial charge is 0.178 e. The number of aromatic nitrogens is 2. The van der Waals surface area contributed by atoms with Crippen LogP contribution in [0.2, 0.25) is 0 Å². The second-order valence-electron chi connectivity index (χ2n) is 4.37. The first-order valence-corrected chi connectivity index (χ1v) is 6.07. The molecular formula is C12H13FN2S. The summed E-state index contributed by atoms with van der Waals surface area (Å²) in [6, 6.07) is 5.59. The van der Waals surface area contributed by atoms with Gasteiger partial charge in [0.05, 0.1) is 5.52 Å². The maximum atomic E-state index is 13.6. The molecule has 0 bridgehead atoms. The first kappa shape index (κ1) is 10.0. The quantitative estimate of drug-likeness (QED) is 0.743. The average molecular weight is 236 g/mol. The van der Waals surface area contributed by atoms with Crippen molar-refractivity contribution in [3.05, 3.63) is 28.8 Å². The lowest BCUT2D eigenvalue weighted by atomic mass is 10.2. The van der Waals surface area contributed by atoms with E-state index in [-0.39, 0.29) is 5.82 Å². The van der Waals surface area contributed by atoms with Crippen LogP contribution in [0.15, 0.2) is 18.2 Å². The van der Waals surface area contributed by atoms with Gasteiger partial charge in [0.25, 0.3) is 0 Å². The van der Waals surface area contributed by atoms with Gasteiger partial charge in [-0.25, -0.2) is 4.39 Å². The SMILES string of the molecule is Fc1cccc2c1[nH]c(=S)n2C1CCCC1. The van der Waals surface area contributed by atoms with Gasteiger partial charge in [0.15, 0.2) is 4.77 Å². The summed E-state index contributed by atoms with van der Waals surface area (Å²) in [6.07, 6.45) is 4.79. The minimum atomic E-state index is -0.222. The van der Waals surface area contributed by atoms with Crippen molar-refractivity contribution in [2.24, 2.45) is 0 Å². The van der Waals surface area contributed by atoms with Crippen molar-refractivity contribution in [2.45, 2.75) is 31.7 Å². The summed E-state index contributed by atoms with van der Waals surface area (Å²) in [7, 11) is 0. The fraction of sp³-hybridized carbons (Fsp3) is 0.417. The van der Waals surface area contributed by atoms with Crippen LogP contribution in [0.5, 0.6) is 0 Å². The van der Waals surface area contributed by atoms with E-state index in [0.717, 1.165) is 18.4 Å². The highest BCUT2D eigenvalue weighted by Crippen LogP contribution is 2.32. The lowest BCUT2D eigenvalue weighted by molar-refractivity contribution is 0.526. The Hall–Kier alpha value is -1.16. The number of rotatable bonds is 1. The minimum absolute atomic E-state index is 0.222. The van der Waals surface area contributed by atoms with Crippen LogP contribution in [-0.2, 0) is 0 Å². The molecule has 1 saturated carbocycles. The fourth-order valence-corrected chi connectivity index (χ4v) is 2.99. The topological polar surface area (TPSA) is 20.7 Å². The van der Waals surface area contributed by atoms with E-state index in [1.807, 2.05) is 6.07 Å². The molecule has 0 unspecified atom stereocenters. The Kier molecular flexibility index (Phi) is 2.32. The van der Waals surface area contributed by atoms with Gasteiger partial charge in [-0.1, -0.05) is 18.9 Å². The van der Waals surface area contributed by atoms with E-state index in [0.29, 0.717) is 16.3 Å². The van der Waals surface area contributed by atoms with Crippen molar-refractivity contribution in [3.63, 3.8) is 0 Å².